The van der Waals surface area contributed by atoms with Gasteiger partial charge in [-0.2, -0.15) is 0 Å². The fourth-order valence-electron chi connectivity index (χ4n) is 1.10. The van der Waals surface area contributed by atoms with Gasteiger partial charge in [-0.05, 0) is 19.4 Å². The van der Waals surface area contributed by atoms with Gasteiger partial charge in [0.15, 0.2) is 0 Å². The average Bonchev–Trinajstić information content (AvgIpc) is 2.14. The van der Waals surface area contributed by atoms with Crippen molar-refractivity contribution in [3.8, 4) is 0 Å². The highest BCUT2D eigenvalue weighted by Crippen LogP contribution is 2.13. The lowest BCUT2D eigenvalue weighted by atomic mass is 10.2. The Bertz CT molecular complexity index is 74.9. The molecular formula is C6H12NO. The van der Waals surface area contributed by atoms with E-state index in [-0.39, 0.29) is 6.61 Å². The van der Waals surface area contributed by atoms with Crippen molar-refractivity contribution in [3.63, 3.8) is 0 Å². The smallest absolute Gasteiger partial charge is 0.0586 e. The molecule has 0 aromatic carbocycles. The molecule has 0 unspecified atom stereocenters. The van der Waals surface area contributed by atoms with E-state index in [0.29, 0.717) is 6.04 Å². The molecule has 0 aliphatic carbocycles. The summed E-state index contributed by atoms with van der Waals surface area (Å²) in [6.07, 6.45) is 2.30. The summed E-state index contributed by atoms with van der Waals surface area (Å²) in [7, 11) is 3.76. The normalized spacial score (nSPS) is 31.5. The van der Waals surface area contributed by atoms with Crippen molar-refractivity contribution in [2.24, 2.45) is 0 Å². The maximum absolute atomic E-state index is 8.65. The minimum absolute atomic E-state index is 0.267. The molecule has 1 radical (unpaired) electrons. The van der Waals surface area contributed by atoms with Gasteiger partial charge in [-0.1, -0.05) is 0 Å². The molecule has 0 saturated carbocycles. The molecule has 1 atom stereocenters. The third kappa shape index (κ3) is 1.01. The van der Waals surface area contributed by atoms with E-state index in [0.717, 1.165) is 13.0 Å². The van der Waals surface area contributed by atoms with Crippen molar-refractivity contribution >= 4 is 0 Å². The molecular weight excluding hydrogens is 102 g/mol. The van der Waals surface area contributed by atoms with Crippen molar-refractivity contribution < 1.29 is 5.11 Å². The van der Waals surface area contributed by atoms with Gasteiger partial charge in [-0.3, -0.25) is 4.90 Å². The Labute approximate surface area is 50.1 Å². The van der Waals surface area contributed by atoms with Gasteiger partial charge in [0.25, 0.3) is 0 Å². The van der Waals surface area contributed by atoms with Gasteiger partial charge >= 0.3 is 0 Å². The molecule has 47 valence electrons. The van der Waals surface area contributed by atoms with Crippen molar-refractivity contribution in [1.29, 1.82) is 0 Å². The summed E-state index contributed by atoms with van der Waals surface area (Å²) in [4.78, 5) is 1.96. The van der Waals surface area contributed by atoms with Gasteiger partial charge in [0.1, 0.15) is 0 Å². The molecule has 0 amide bonds. The first-order chi connectivity index (χ1) is 3.84. The van der Waals surface area contributed by atoms with E-state index < -0.39 is 0 Å². The van der Waals surface area contributed by atoms with Gasteiger partial charge in [-0.15, -0.1) is 0 Å². The van der Waals surface area contributed by atoms with E-state index in [1.807, 2.05) is 4.90 Å². The standard InChI is InChI=1S/C6H12NO/c1-7-4-2-3-6(7)5-8/h6,8H,1-5H2/t6-/m0/s1. The van der Waals surface area contributed by atoms with Crippen LogP contribution < -0.4 is 0 Å². The van der Waals surface area contributed by atoms with Crippen LogP contribution in [0.25, 0.3) is 0 Å². The fraction of sp³-hybridized carbons (Fsp3) is 0.833. The Kier molecular flexibility index (Phi) is 1.86. The van der Waals surface area contributed by atoms with Crippen LogP contribution in [0.1, 0.15) is 12.8 Å². The van der Waals surface area contributed by atoms with E-state index >= 15 is 0 Å². The Morgan fingerprint density at radius 1 is 1.75 bits per heavy atom. The third-order valence-corrected chi connectivity index (χ3v) is 1.71. The van der Waals surface area contributed by atoms with E-state index in [9.17, 15) is 0 Å². The van der Waals surface area contributed by atoms with E-state index in [1.54, 1.807) is 0 Å². The summed E-state index contributed by atoms with van der Waals surface area (Å²) in [5.74, 6) is 0. The van der Waals surface area contributed by atoms with Gasteiger partial charge in [0.2, 0.25) is 0 Å². The van der Waals surface area contributed by atoms with Gasteiger partial charge in [-0.25, -0.2) is 0 Å². The molecule has 0 bridgehead atoms. The predicted octanol–water partition coefficient (Wildman–Crippen LogP) is 0.235. The minimum Gasteiger partial charge on any atom is -0.395 e. The van der Waals surface area contributed by atoms with Crippen LogP contribution in [0.4, 0.5) is 0 Å². The van der Waals surface area contributed by atoms with Gasteiger partial charge in [0.05, 0.1) is 6.61 Å². The number of aliphatic hydroxyl groups excluding tert-OH is 1. The molecule has 0 spiro atoms. The second-order valence-electron chi connectivity index (χ2n) is 2.29. The highest BCUT2D eigenvalue weighted by Gasteiger charge is 2.18. The molecule has 0 aromatic rings. The SMILES string of the molecule is [CH2]N1CCC[C@H]1CO. The summed E-state index contributed by atoms with van der Waals surface area (Å²) < 4.78 is 0. The van der Waals surface area contributed by atoms with Crippen LogP contribution in [0.5, 0.6) is 0 Å². The van der Waals surface area contributed by atoms with Crippen molar-refractivity contribution in [1.82, 2.24) is 4.90 Å². The highest BCUT2D eigenvalue weighted by molar-refractivity contribution is 4.76. The van der Waals surface area contributed by atoms with Crippen molar-refractivity contribution in [2.45, 2.75) is 18.9 Å². The molecule has 0 aromatic heterocycles. The molecule has 2 nitrogen and oxygen atoms in total. The molecule has 1 aliphatic rings. The molecule has 1 heterocycles. The van der Waals surface area contributed by atoms with Crippen LogP contribution in [0, 0.1) is 7.05 Å². The second-order valence-corrected chi connectivity index (χ2v) is 2.29. The lowest BCUT2D eigenvalue weighted by Gasteiger charge is -2.14. The number of hydrogen-bond donors (Lipinski definition) is 1. The van der Waals surface area contributed by atoms with Crippen molar-refractivity contribution in [3.05, 3.63) is 7.05 Å². The Balaban J connectivity index is 2.30. The zero-order chi connectivity index (χ0) is 5.98. The number of aliphatic hydroxyl groups is 1. The Morgan fingerprint density at radius 3 is 2.75 bits per heavy atom. The Morgan fingerprint density at radius 2 is 2.50 bits per heavy atom. The monoisotopic (exact) mass is 114 g/mol. The van der Waals surface area contributed by atoms with Crippen LogP contribution in [0.15, 0.2) is 0 Å². The summed E-state index contributed by atoms with van der Waals surface area (Å²) >= 11 is 0. The lowest BCUT2D eigenvalue weighted by molar-refractivity contribution is 0.194. The van der Waals surface area contributed by atoms with Crippen LogP contribution in [-0.4, -0.2) is 29.2 Å². The molecule has 1 aliphatic heterocycles. The van der Waals surface area contributed by atoms with Gasteiger partial charge in [0, 0.05) is 13.1 Å². The zero-order valence-electron chi connectivity index (χ0n) is 5.01. The summed E-state index contributed by atoms with van der Waals surface area (Å²) in [5, 5.41) is 8.65. The van der Waals surface area contributed by atoms with Crippen LogP contribution >= 0.6 is 0 Å². The number of nitrogens with zero attached hydrogens (tertiary/aromatic N) is 1. The van der Waals surface area contributed by atoms with E-state index in [1.165, 1.54) is 6.42 Å². The molecule has 2 heteroatoms. The van der Waals surface area contributed by atoms with Crippen LogP contribution in [0.2, 0.25) is 0 Å². The summed E-state index contributed by atoms with van der Waals surface area (Å²) in [6.45, 7) is 1.31. The second kappa shape index (κ2) is 2.46. The third-order valence-electron chi connectivity index (χ3n) is 1.71. The predicted molar refractivity (Wildman–Crippen MR) is 32.2 cm³/mol. The van der Waals surface area contributed by atoms with Crippen molar-refractivity contribution in [2.75, 3.05) is 13.2 Å². The molecule has 1 rings (SSSR count). The van der Waals surface area contributed by atoms with Crippen LogP contribution in [0.3, 0.4) is 0 Å². The fourth-order valence-corrected chi connectivity index (χ4v) is 1.10. The molecule has 8 heavy (non-hydrogen) atoms. The summed E-state index contributed by atoms with van der Waals surface area (Å²) in [6, 6.07) is 0.343. The maximum atomic E-state index is 8.65. The maximum Gasteiger partial charge on any atom is 0.0586 e. The number of rotatable bonds is 1. The lowest BCUT2D eigenvalue weighted by Crippen LogP contribution is -2.25. The number of likely N-dealkylation sites (tertiary alicyclic amines) is 1. The topological polar surface area (TPSA) is 23.5 Å². The van der Waals surface area contributed by atoms with E-state index in [2.05, 4.69) is 7.05 Å². The number of hydrogen-bond acceptors (Lipinski definition) is 2. The first-order valence-electron chi connectivity index (χ1n) is 3.02. The zero-order valence-corrected chi connectivity index (χ0v) is 5.01. The average molecular weight is 114 g/mol. The first kappa shape index (κ1) is 6.05. The van der Waals surface area contributed by atoms with Gasteiger partial charge < -0.3 is 5.11 Å². The Hall–Kier alpha value is -0.0800. The molecule has 1 saturated heterocycles. The largest absolute Gasteiger partial charge is 0.395 e. The van der Waals surface area contributed by atoms with E-state index in [4.69, 9.17) is 5.11 Å². The molecule has 1 fully saturated rings. The minimum atomic E-state index is 0.267. The molecule has 1 N–H and O–H groups in total. The quantitative estimate of drug-likeness (QED) is 0.527. The van der Waals surface area contributed by atoms with Crippen LogP contribution in [-0.2, 0) is 0 Å². The first-order valence-corrected chi connectivity index (χ1v) is 3.02. The summed E-state index contributed by atoms with van der Waals surface area (Å²) in [5.41, 5.74) is 0. The highest BCUT2D eigenvalue weighted by atomic mass is 16.3.